The molecule has 1 aromatic heterocycles. The number of nitrogens with zero attached hydrogens (tertiary/aromatic N) is 2. The minimum Gasteiger partial charge on any atom is -0.397 e. The molecule has 0 saturated carbocycles. The lowest BCUT2D eigenvalue weighted by molar-refractivity contribution is 0.0672. The molecule has 0 radical (unpaired) electrons. The highest BCUT2D eigenvalue weighted by atomic mass is 35.5. The van der Waals surface area contributed by atoms with Gasteiger partial charge in [0.25, 0.3) is 5.91 Å². The quantitative estimate of drug-likeness (QED) is 0.838. The Balaban J connectivity index is 2.17. The van der Waals surface area contributed by atoms with E-state index in [1.807, 2.05) is 4.90 Å². The zero-order valence-corrected chi connectivity index (χ0v) is 11.3. The van der Waals surface area contributed by atoms with Crippen LogP contribution in [-0.4, -0.2) is 28.9 Å². The number of carbonyl (C=O) groups is 1. The van der Waals surface area contributed by atoms with Crippen molar-refractivity contribution in [1.82, 2.24) is 9.88 Å². The van der Waals surface area contributed by atoms with Crippen LogP contribution in [0, 0.1) is 5.92 Å². The summed E-state index contributed by atoms with van der Waals surface area (Å²) in [5.74, 6) is 0.566. The van der Waals surface area contributed by atoms with E-state index in [-0.39, 0.29) is 5.91 Å². The Morgan fingerprint density at radius 1 is 1.67 bits per heavy atom. The summed E-state index contributed by atoms with van der Waals surface area (Å²) in [5, 5.41) is 0.302. The molecule has 1 aliphatic rings. The van der Waals surface area contributed by atoms with Gasteiger partial charge in [-0.25, -0.2) is 4.98 Å². The first kappa shape index (κ1) is 13.1. The molecule has 1 amide bonds. The minimum atomic E-state index is -0.0325. The fraction of sp³-hybridized carbons (Fsp3) is 0.538. The number of carbonyl (C=O) groups excluding carboxylic acids is 1. The summed E-state index contributed by atoms with van der Waals surface area (Å²) >= 11 is 5.82. The van der Waals surface area contributed by atoms with Gasteiger partial charge in [0.1, 0.15) is 5.15 Å². The van der Waals surface area contributed by atoms with E-state index < -0.39 is 0 Å². The van der Waals surface area contributed by atoms with Crippen molar-refractivity contribution in [3.05, 3.63) is 23.0 Å². The molecule has 2 N–H and O–H groups in total. The molecular weight excluding hydrogens is 250 g/mol. The number of nitrogen functional groups attached to an aromatic ring is 1. The number of halogens is 1. The molecule has 0 bridgehead atoms. The molecule has 1 unspecified atom stereocenters. The summed E-state index contributed by atoms with van der Waals surface area (Å²) in [6.07, 6.45) is 4.81. The molecule has 98 valence electrons. The zero-order valence-electron chi connectivity index (χ0n) is 10.5. The van der Waals surface area contributed by atoms with Crippen LogP contribution < -0.4 is 5.73 Å². The number of amides is 1. The van der Waals surface area contributed by atoms with Crippen LogP contribution in [0.3, 0.4) is 0 Å². The smallest absolute Gasteiger partial charge is 0.256 e. The molecule has 4 nitrogen and oxygen atoms in total. The van der Waals surface area contributed by atoms with Crippen LogP contribution in [0.5, 0.6) is 0 Å². The Morgan fingerprint density at radius 2 is 2.44 bits per heavy atom. The number of pyridine rings is 1. The Labute approximate surface area is 112 Å². The second-order valence-corrected chi connectivity index (χ2v) is 5.15. The molecular formula is C13H18ClN3O. The third-order valence-electron chi connectivity index (χ3n) is 3.52. The normalized spacial score (nSPS) is 19.9. The third kappa shape index (κ3) is 2.75. The molecule has 1 saturated heterocycles. The number of aromatic nitrogens is 1. The highest BCUT2D eigenvalue weighted by molar-refractivity contribution is 6.29. The first-order valence-electron chi connectivity index (χ1n) is 6.32. The van der Waals surface area contributed by atoms with E-state index in [1.165, 1.54) is 12.6 Å². The van der Waals surface area contributed by atoms with Gasteiger partial charge in [0, 0.05) is 13.1 Å². The van der Waals surface area contributed by atoms with E-state index in [0.717, 1.165) is 25.9 Å². The Bertz CT molecular complexity index is 450. The van der Waals surface area contributed by atoms with Crippen LogP contribution >= 0.6 is 11.6 Å². The van der Waals surface area contributed by atoms with Crippen LogP contribution in [0.15, 0.2) is 12.3 Å². The Hall–Kier alpha value is -1.29. The lowest BCUT2D eigenvalue weighted by Crippen LogP contribution is -2.40. The second-order valence-electron chi connectivity index (χ2n) is 4.76. The van der Waals surface area contributed by atoms with Gasteiger partial charge in [-0.1, -0.05) is 24.9 Å². The van der Waals surface area contributed by atoms with Crippen molar-refractivity contribution < 1.29 is 4.79 Å². The van der Waals surface area contributed by atoms with Crippen molar-refractivity contribution in [3.63, 3.8) is 0 Å². The number of anilines is 1. The van der Waals surface area contributed by atoms with Crippen molar-refractivity contribution >= 4 is 23.2 Å². The highest BCUT2D eigenvalue weighted by Crippen LogP contribution is 2.23. The first-order chi connectivity index (χ1) is 8.61. The van der Waals surface area contributed by atoms with E-state index in [2.05, 4.69) is 11.9 Å². The molecule has 18 heavy (non-hydrogen) atoms. The first-order valence-corrected chi connectivity index (χ1v) is 6.70. The molecule has 1 aromatic rings. The van der Waals surface area contributed by atoms with Gasteiger partial charge in [0.15, 0.2) is 0 Å². The third-order valence-corrected chi connectivity index (χ3v) is 3.72. The van der Waals surface area contributed by atoms with Gasteiger partial charge in [0.05, 0.1) is 17.4 Å². The number of nitrogens with two attached hydrogens (primary N) is 1. The lowest BCUT2D eigenvalue weighted by Gasteiger charge is -2.32. The standard InChI is InChI=1S/C13H18ClN3O/c1-2-9-4-3-5-17(8-9)13(18)10-6-12(14)16-7-11(10)15/h6-7,9H,2-5,8,15H2,1H3. The molecule has 1 fully saturated rings. The molecule has 1 atom stereocenters. The number of hydrogen-bond acceptors (Lipinski definition) is 3. The molecule has 2 heterocycles. The summed E-state index contributed by atoms with van der Waals surface area (Å²) < 4.78 is 0. The largest absolute Gasteiger partial charge is 0.397 e. The summed E-state index contributed by atoms with van der Waals surface area (Å²) in [7, 11) is 0. The second kappa shape index (κ2) is 5.57. The SMILES string of the molecule is CCC1CCCN(C(=O)c2cc(Cl)ncc2N)C1. The van der Waals surface area contributed by atoms with Crippen LogP contribution in [0.4, 0.5) is 5.69 Å². The molecule has 1 aliphatic heterocycles. The fourth-order valence-corrected chi connectivity index (χ4v) is 2.54. The van der Waals surface area contributed by atoms with Crippen LogP contribution in [0.25, 0.3) is 0 Å². The molecule has 0 aromatic carbocycles. The Morgan fingerprint density at radius 3 is 3.17 bits per heavy atom. The van der Waals surface area contributed by atoms with Crippen molar-refractivity contribution in [2.75, 3.05) is 18.8 Å². The van der Waals surface area contributed by atoms with E-state index in [4.69, 9.17) is 17.3 Å². The van der Waals surface area contributed by atoms with E-state index in [9.17, 15) is 4.79 Å². The maximum atomic E-state index is 12.4. The maximum Gasteiger partial charge on any atom is 0.256 e. The Kier molecular flexibility index (Phi) is 4.07. The van der Waals surface area contributed by atoms with Gasteiger partial charge >= 0.3 is 0 Å². The number of hydrogen-bond donors (Lipinski definition) is 1. The number of rotatable bonds is 2. The minimum absolute atomic E-state index is 0.0325. The van der Waals surface area contributed by atoms with Gasteiger partial charge in [-0.05, 0) is 24.8 Å². The highest BCUT2D eigenvalue weighted by Gasteiger charge is 2.24. The molecule has 0 aliphatic carbocycles. The molecule has 5 heteroatoms. The average molecular weight is 268 g/mol. The number of likely N-dealkylation sites (tertiary alicyclic amines) is 1. The topological polar surface area (TPSA) is 59.2 Å². The average Bonchev–Trinajstić information content (AvgIpc) is 2.41. The summed E-state index contributed by atoms with van der Waals surface area (Å²) in [6.45, 7) is 3.78. The zero-order chi connectivity index (χ0) is 13.1. The van der Waals surface area contributed by atoms with Crippen molar-refractivity contribution in [3.8, 4) is 0 Å². The predicted molar refractivity (Wildman–Crippen MR) is 72.6 cm³/mol. The van der Waals surface area contributed by atoms with Crippen LogP contribution in [-0.2, 0) is 0 Å². The van der Waals surface area contributed by atoms with Crippen molar-refractivity contribution in [1.29, 1.82) is 0 Å². The van der Waals surface area contributed by atoms with Gasteiger partial charge in [-0.2, -0.15) is 0 Å². The van der Waals surface area contributed by atoms with Crippen molar-refractivity contribution in [2.24, 2.45) is 5.92 Å². The fourth-order valence-electron chi connectivity index (χ4n) is 2.38. The van der Waals surface area contributed by atoms with Crippen LogP contribution in [0.2, 0.25) is 5.15 Å². The van der Waals surface area contributed by atoms with Crippen molar-refractivity contribution in [2.45, 2.75) is 26.2 Å². The van der Waals surface area contributed by atoms with Gasteiger partial charge in [-0.15, -0.1) is 0 Å². The predicted octanol–water partition coefficient (Wildman–Crippen LogP) is 2.58. The maximum absolute atomic E-state index is 12.4. The summed E-state index contributed by atoms with van der Waals surface area (Å²) in [6, 6.07) is 1.55. The molecule has 0 spiro atoms. The van der Waals surface area contributed by atoms with Crippen LogP contribution in [0.1, 0.15) is 36.5 Å². The monoisotopic (exact) mass is 267 g/mol. The van der Waals surface area contributed by atoms with Gasteiger partial charge < -0.3 is 10.6 Å². The van der Waals surface area contributed by atoms with E-state index in [1.54, 1.807) is 6.07 Å². The van der Waals surface area contributed by atoms with Gasteiger partial charge in [0.2, 0.25) is 0 Å². The molecule has 2 rings (SSSR count). The summed E-state index contributed by atoms with van der Waals surface area (Å²) in [4.78, 5) is 18.1. The lowest BCUT2D eigenvalue weighted by atomic mass is 9.95. The van der Waals surface area contributed by atoms with Gasteiger partial charge in [-0.3, -0.25) is 4.79 Å². The van der Waals surface area contributed by atoms with E-state index in [0.29, 0.717) is 22.3 Å². The van der Waals surface area contributed by atoms with E-state index >= 15 is 0 Å². The number of piperidine rings is 1. The summed E-state index contributed by atoms with van der Waals surface area (Å²) in [5.41, 5.74) is 6.65.